The van der Waals surface area contributed by atoms with Gasteiger partial charge in [-0.15, -0.1) is 0 Å². The highest BCUT2D eigenvalue weighted by atomic mass is 32.1. The zero-order valence-corrected chi connectivity index (χ0v) is 16.8. The lowest BCUT2D eigenvalue weighted by Gasteiger charge is -2.44. The lowest BCUT2D eigenvalue weighted by Crippen LogP contribution is -2.59. The number of aromatic nitrogens is 4. The van der Waals surface area contributed by atoms with Crippen LogP contribution in [0.1, 0.15) is 6.92 Å². The van der Waals surface area contributed by atoms with Crippen molar-refractivity contribution in [1.82, 2.24) is 19.9 Å². The summed E-state index contributed by atoms with van der Waals surface area (Å²) in [5.74, 6) is -0.0825. The Bertz CT molecular complexity index is 1180. The molecule has 1 N–H and O–H groups in total. The van der Waals surface area contributed by atoms with Crippen LogP contribution in [0, 0.1) is 5.41 Å². The van der Waals surface area contributed by atoms with Crippen molar-refractivity contribution >= 4 is 22.4 Å². The van der Waals surface area contributed by atoms with E-state index >= 15 is 0 Å². The van der Waals surface area contributed by atoms with Crippen molar-refractivity contribution in [2.45, 2.75) is 6.92 Å². The summed E-state index contributed by atoms with van der Waals surface area (Å²) in [6.07, 6.45) is 8.08. The topological polar surface area (TPSA) is 105 Å². The average molecular weight is 419 g/mol. The molecule has 0 aliphatic carbocycles. The van der Waals surface area contributed by atoms with E-state index in [9.17, 15) is 9.90 Å². The van der Waals surface area contributed by atoms with Crippen LogP contribution in [-0.2, 0) is 4.79 Å². The van der Waals surface area contributed by atoms with E-state index in [2.05, 4.69) is 15.0 Å². The Hall–Kier alpha value is -3.59. The number of carboxylic acid groups (broad SMARTS) is 1. The van der Waals surface area contributed by atoms with E-state index in [1.165, 1.54) is 24.1 Å². The Balaban J connectivity index is 1.52. The van der Waals surface area contributed by atoms with Gasteiger partial charge in [0.05, 0.1) is 22.2 Å². The number of hydrogen-bond acceptors (Lipinski definition) is 8. The molecular weight excluding hydrogens is 402 g/mol. The van der Waals surface area contributed by atoms with Gasteiger partial charge in [0.15, 0.2) is 17.3 Å². The number of thiazole rings is 1. The van der Waals surface area contributed by atoms with Crippen molar-refractivity contribution in [2.75, 3.05) is 18.0 Å². The molecule has 1 aromatic carbocycles. The van der Waals surface area contributed by atoms with Crippen LogP contribution in [0.3, 0.4) is 0 Å². The van der Waals surface area contributed by atoms with E-state index in [-0.39, 0.29) is 0 Å². The predicted octanol–water partition coefficient (Wildman–Crippen LogP) is 3.83. The molecule has 0 atom stereocenters. The maximum Gasteiger partial charge on any atom is 0.312 e. The van der Waals surface area contributed by atoms with Crippen molar-refractivity contribution in [3.63, 3.8) is 0 Å². The molecule has 1 fully saturated rings. The molecule has 4 heterocycles. The molecule has 9 heteroatoms. The van der Waals surface area contributed by atoms with Gasteiger partial charge in [-0.25, -0.2) is 19.9 Å². The minimum absolute atomic E-state index is 0.435. The van der Waals surface area contributed by atoms with Crippen LogP contribution in [0.4, 0.5) is 5.13 Å². The number of nitrogens with zero attached hydrogens (tertiary/aromatic N) is 5. The number of rotatable bonds is 5. The third-order valence-electron chi connectivity index (χ3n) is 5.18. The van der Waals surface area contributed by atoms with Crippen molar-refractivity contribution in [1.29, 1.82) is 0 Å². The second-order valence-corrected chi connectivity index (χ2v) is 8.44. The molecule has 1 aliphatic rings. The lowest BCUT2D eigenvalue weighted by atomic mass is 9.82. The summed E-state index contributed by atoms with van der Waals surface area (Å²) in [5.41, 5.74) is 2.83. The van der Waals surface area contributed by atoms with Crippen LogP contribution in [0.15, 0.2) is 60.0 Å². The first-order valence-corrected chi connectivity index (χ1v) is 10.1. The van der Waals surface area contributed by atoms with Crippen LogP contribution in [0.2, 0.25) is 0 Å². The van der Waals surface area contributed by atoms with E-state index < -0.39 is 11.4 Å². The summed E-state index contributed by atoms with van der Waals surface area (Å²) in [5, 5.41) is 10.2. The molecule has 0 amide bonds. The van der Waals surface area contributed by atoms with Crippen LogP contribution in [0.25, 0.3) is 33.0 Å². The molecule has 0 bridgehead atoms. The molecule has 3 aromatic heterocycles. The van der Waals surface area contributed by atoms with Crippen molar-refractivity contribution in [3.05, 3.63) is 55.6 Å². The predicted molar refractivity (Wildman–Crippen MR) is 112 cm³/mol. The molecule has 0 saturated carbocycles. The zero-order chi connectivity index (χ0) is 20.7. The van der Waals surface area contributed by atoms with Crippen LogP contribution < -0.4 is 4.90 Å². The molecule has 0 radical (unpaired) electrons. The molecule has 30 heavy (non-hydrogen) atoms. The second kappa shape index (κ2) is 7.03. The SMILES string of the molecule is CC1(C(=O)O)CN(c2nc(-c3ccc(-c4cnco4)cc3)c(-c3cncnc3)s2)C1. The number of aliphatic carboxylic acids is 1. The van der Waals surface area contributed by atoms with E-state index in [0.717, 1.165) is 32.4 Å². The number of benzene rings is 1. The lowest BCUT2D eigenvalue weighted by molar-refractivity contribution is -0.149. The molecule has 4 aromatic rings. The quantitative estimate of drug-likeness (QED) is 0.520. The van der Waals surface area contributed by atoms with Gasteiger partial charge in [-0.05, 0) is 6.92 Å². The fraction of sp³-hybridized carbons (Fsp3) is 0.190. The smallest absolute Gasteiger partial charge is 0.312 e. The van der Waals surface area contributed by atoms with Gasteiger partial charge in [0.25, 0.3) is 0 Å². The average Bonchev–Trinajstić information content (AvgIpc) is 3.42. The third kappa shape index (κ3) is 3.13. The zero-order valence-electron chi connectivity index (χ0n) is 16.0. The maximum atomic E-state index is 11.5. The highest BCUT2D eigenvalue weighted by Gasteiger charge is 2.46. The molecular formula is C21H17N5O3S. The molecule has 1 aliphatic heterocycles. The molecule has 5 rings (SSSR count). The summed E-state index contributed by atoms with van der Waals surface area (Å²) >= 11 is 1.52. The number of carboxylic acids is 1. The Labute approximate surface area is 175 Å². The summed E-state index contributed by atoms with van der Waals surface area (Å²) in [4.78, 5) is 31.5. The Morgan fingerprint density at radius 2 is 1.77 bits per heavy atom. The van der Waals surface area contributed by atoms with Crippen LogP contribution in [0.5, 0.6) is 0 Å². The van der Waals surface area contributed by atoms with Gasteiger partial charge in [-0.3, -0.25) is 4.79 Å². The largest absolute Gasteiger partial charge is 0.481 e. The first kappa shape index (κ1) is 18.4. The van der Waals surface area contributed by atoms with Crippen LogP contribution in [-0.4, -0.2) is 44.1 Å². The summed E-state index contributed by atoms with van der Waals surface area (Å²) < 4.78 is 5.36. The third-order valence-corrected chi connectivity index (χ3v) is 6.35. The monoisotopic (exact) mass is 419 g/mol. The molecule has 0 unspecified atom stereocenters. The number of carbonyl (C=O) groups is 1. The van der Waals surface area contributed by atoms with E-state index in [1.807, 2.05) is 29.2 Å². The van der Waals surface area contributed by atoms with Crippen molar-refractivity contribution < 1.29 is 14.3 Å². The van der Waals surface area contributed by atoms with Gasteiger partial charge >= 0.3 is 5.97 Å². The summed E-state index contributed by atoms with van der Waals surface area (Å²) in [6, 6.07) is 7.90. The number of oxazole rings is 1. The van der Waals surface area contributed by atoms with Gasteiger partial charge in [0.2, 0.25) is 0 Å². The van der Waals surface area contributed by atoms with Gasteiger partial charge in [-0.2, -0.15) is 0 Å². The fourth-order valence-electron chi connectivity index (χ4n) is 3.47. The Morgan fingerprint density at radius 1 is 1.07 bits per heavy atom. The first-order chi connectivity index (χ1) is 14.5. The second-order valence-electron chi connectivity index (χ2n) is 7.47. The summed E-state index contributed by atoms with van der Waals surface area (Å²) in [6.45, 7) is 2.63. The van der Waals surface area contributed by atoms with Gasteiger partial charge in [0.1, 0.15) is 6.33 Å². The van der Waals surface area contributed by atoms with E-state index in [0.29, 0.717) is 18.8 Å². The van der Waals surface area contributed by atoms with E-state index in [4.69, 9.17) is 9.40 Å². The first-order valence-electron chi connectivity index (χ1n) is 9.27. The standard InChI is InChI=1S/C21H17N5O3S/c1-21(19(27)28)9-26(10-21)20-25-17(18(30-20)15-6-22-11-23-7-15)14-4-2-13(3-5-14)16-8-24-12-29-16/h2-8,11-12H,9-10H2,1H3,(H,27,28). The number of hydrogen-bond donors (Lipinski definition) is 1. The normalized spacial score (nSPS) is 15.0. The molecule has 1 saturated heterocycles. The van der Waals surface area contributed by atoms with Gasteiger partial charge < -0.3 is 14.4 Å². The Morgan fingerprint density at radius 3 is 2.40 bits per heavy atom. The molecule has 8 nitrogen and oxygen atoms in total. The highest BCUT2D eigenvalue weighted by molar-refractivity contribution is 7.19. The van der Waals surface area contributed by atoms with Gasteiger partial charge in [-0.1, -0.05) is 35.6 Å². The minimum Gasteiger partial charge on any atom is -0.481 e. The van der Waals surface area contributed by atoms with Crippen LogP contribution >= 0.6 is 11.3 Å². The van der Waals surface area contributed by atoms with Gasteiger partial charge in [0, 0.05) is 42.2 Å². The van der Waals surface area contributed by atoms with Crippen molar-refractivity contribution in [2.24, 2.45) is 5.41 Å². The Kier molecular flexibility index (Phi) is 4.32. The maximum absolute atomic E-state index is 11.5. The molecule has 150 valence electrons. The van der Waals surface area contributed by atoms with Crippen molar-refractivity contribution in [3.8, 4) is 33.0 Å². The van der Waals surface area contributed by atoms with E-state index in [1.54, 1.807) is 25.5 Å². The minimum atomic E-state index is -0.782. The fourth-order valence-corrected chi connectivity index (χ4v) is 4.53. The molecule has 0 spiro atoms. The highest BCUT2D eigenvalue weighted by Crippen LogP contribution is 2.44. The number of anilines is 1. The summed E-state index contributed by atoms with van der Waals surface area (Å²) in [7, 11) is 0.